The number of carbonyl (C=O) groups is 2. The van der Waals surface area contributed by atoms with Gasteiger partial charge in [0, 0.05) is 6.04 Å². The van der Waals surface area contributed by atoms with E-state index in [0.29, 0.717) is 11.3 Å². The van der Waals surface area contributed by atoms with Crippen molar-refractivity contribution in [2.45, 2.75) is 45.8 Å². The van der Waals surface area contributed by atoms with Crippen molar-refractivity contribution in [3.63, 3.8) is 0 Å². The number of carboxylic acids is 1. The van der Waals surface area contributed by atoms with Gasteiger partial charge in [0.05, 0.1) is 6.42 Å². The number of benzene rings is 1. The molecule has 0 bridgehead atoms. The average molecular weight is 279 g/mol. The van der Waals surface area contributed by atoms with Crippen LogP contribution in [0.2, 0.25) is 0 Å². The smallest absolute Gasteiger partial charge is 0.307 e. The Morgan fingerprint density at radius 3 is 2.65 bits per heavy atom. The third kappa shape index (κ3) is 5.30. The predicted molar refractivity (Wildman–Crippen MR) is 75.8 cm³/mol. The Balaban J connectivity index is 2.63. The second kappa shape index (κ2) is 7.53. The van der Waals surface area contributed by atoms with Crippen molar-refractivity contribution in [1.82, 2.24) is 5.32 Å². The highest BCUT2D eigenvalue weighted by atomic mass is 16.5. The first-order chi connectivity index (χ1) is 9.42. The van der Waals surface area contributed by atoms with Crippen molar-refractivity contribution in [2.75, 3.05) is 0 Å². The van der Waals surface area contributed by atoms with Gasteiger partial charge in [-0.05, 0) is 38.0 Å². The Morgan fingerprint density at radius 2 is 2.05 bits per heavy atom. The summed E-state index contributed by atoms with van der Waals surface area (Å²) in [7, 11) is 0. The van der Waals surface area contributed by atoms with Crippen LogP contribution in [0.3, 0.4) is 0 Å². The van der Waals surface area contributed by atoms with E-state index in [-0.39, 0.29) is 18.4 Å². The summed E-state index contributed by atoms with van der Waals surface area (Å²) in [5, 5.41) is 11.6. The van der Waals surface area contributed by atoms with Gasteiger partial charge in [-0.2, -0.15) is 0 Å². The summed E-state index contributed by atoms with van der Waals surface area (Å²) < 4.78 is 5.54. The van der Waals surface area contributed by atoms with Crippen LogP contribution in [0, 0.1) is 0 Å². The monoisotopic (exact) mass is 279 g/mol. The maximum Gasteiger partial charge on any atom is 0.307 e. The van der Waals surface area contributed by atoms with Gasteiger partial charge in [-0.15, -0.1) is 0 Å². The fraction of sp³-hybridized carbons (Fsp3) is 0.467. The minimum absolute atomic E-state index is 0.0648. The topological polar surface area (TPSA) is 75.6 Å². The standard InChI is InChI=1S/C15H21NO4/c1-4-10(2)16-15(19)11(3)20-13-7-5-6-12(8-13)9-14(17)18/h5-8,10-11H,4,9H2,1-3H3,(H,16,19)(H,17,18). The molecular formula is C15H21NO4. The SMILES string of the molecule is CCC(C)NC(=O)C(C)Oc1cccc(CC(=O)O)c1. The molecule has 2 unspecified atom stereocenters. The summed E-state index contributed by atoms with van der Waals surface area (Å²) in [6.07, 6.45) is 0.168. The number of rotatable bonds is 7. The molecule has 0 saturated heterocycles. The Morgan fingerprint density at radius 1 is 1.35 bits per heavy atom. The third-order valence-electron chi connectivity index (χ3n) is 2.94. The average Bonchev–Trinajstić information content (AvgIpc) is 2.38. The maximum absolute atomic E-state index is 11.8. The lowest BCUT2D eigenvalue weighted by molar-refractivity contribution is -0.136. The van der Waals surface area contributed by atoms with Crippen LogP contribution in [-0.4, -0.2) is 29.1 Å². The molecule has 0 aliphatic rings. The van der Waals surface area contributed by atoms with Gasteiger partial charge in [0.2, 0.25) is 0 Å². The molecule has 0 heterocycles. The molecule has 0 aliphatic carbocycles. The summed E-state index contributed by atoms with van der Waals surface area (Å²) in [5.41, 5.74) is 0.643. The van der Waals surface area contributed by atoms with Gasteiger partial charge in [-0.25, -0.2) is 0 Å². The summed E-state index contributed by atoms with van der Waals surface area (Å²) in [6, 6.07) is 6.88. The maximum atomic E-state index is 11.8. The molecular weight excluding hydrogens is 258 g/mol. The molecule has 2 N–H and O–H groups in total. The second-order valence-corrected chi connectivity index (χ2v) is 4.80. The summed E-state index contributed by atoms with van der Waals surface area (Å²) >= 11 is 0. The fourth-order valence-corrected chi connectivity index (χ4v) is 1.62. The van der Waals surface area contributed by atoms with Gasteiger partial charge in [-0.1, -0.05) is 19.1 Å². The van der Waals surface area contributed by atoms with Crippen LogP contribution in [0.4, 0.5) is 0 Å². The minimum Gasteiger partial charge on any atom is -0.481 e. The molecule has 20 heavy (non-hydrogen) atoms. The molecule has 1 aromatic carbocycles. The molecule has 1 rings (SSSR count). The van der Waals surface area contributed by atoms with Gasteiger partial charge in [0.1, 0.15) is 5.75 Å². The first-order valence-corrected chi connectivity index (χ1v) is 6.70. The molecule has 0 aliphatic heterocycles. The second-order valence-electron chi connectivity index (χ2n) is 4.80. The van der Waals surface area contributed by atoms with E-state index in [1.807, 2.05) is 13.8 Å². The van der Waals surface area contributed by atoms with Crippen LogP contribution in [0.15, 0.2) is 24.3 Å². The predicted octanol–water partition coefficient (Wildman–Crippen LogP) is 2.00. The number of amides is 1. The van der Waals surface area contributed by atoms with Gasteiger partial charge in [-0.3, -0.25) is 9.59 Å². The van der Waals surface area contributed by atoms with Gasteiger partial charge in [0.15, 0.2) is 6.10 Å². The molecule has 2 atom stereocenters. The number of ether oxygens (including phenoxy) is 1. The van der Waals surface area contributed by atoms with E-state index < -0.39 is 12.1 Å². The lowest BCUT2D eigenvalue weighted by Gasteiger charge is -2.18. The fourth-order valence-electron chi connectivity index (χ4n) is 1.62. The highest BCUT2D eigenvalue weighted by Crippen LogP contribution is 2.15. The van der Waals surface area contributed by atoms with Crippen molar-refractivity contribution in [3.8, 4) is 5.75 Å². The normalized spacial score (nSPS) is 13.3. The van der Waals surface area contributed by atoms with Crippen LogP contribution >= 0.6 is 0 Å². The Hall–Kier alpha value is -2.04. The summed E-state index contributed by atoms with van der Waals surface area (Å²) in [6.45, 7) is 5.59. The van der Waals surface area contributed by atoms with Crippen LogP contribution in [0.1, 0.15) is 32.8 Å². The van der Waals surface area contributed by atoms with Gasteiger partial charge >= 0.3 is 5.97 Å². The molecule has 0 spiro atoms. The zero-order valence-electron chi connectivity index (χ0n) is 12.1. The molecule has 0 aromatic heterocycles. The quantitative estimate of drug-likeness (QED) is 0.800. The molecule has 1 aromatic rings. The number of carbonyl (C=O) groups excluding carboxylic acids is 1. The summed E-state index contributed by atoms with van der Waals surface area (Å²) in [5.74, 6) is -0.580. The Labute approximate surface area is 118 Å². The Kier molecular flexibility index (Phi) is 6.03. The van der Waals surface area contributed by atoms with E-state index in [9.17, 15) is 9.59 Å². The molecule has 0 fully saturated rings. The van der Waals surface area contributed by atoms with E-state index >= 15 is 0 Å². The highest BCUT2D eigenvalue weighted by Gasteiger charge is 2.16. The van der Waals surface area contributed by atoms with Crippen molar-refractivity contribution < 1.29 is 19.4 Å². The number of carboxylic acid groups (broad SMARTS) is 1. The van der Waals surface area contributed by atoms with Crippen LogP contribution < -0.4 is 10.1 Å². The first kappa shape index (κ1) is 16.0. The van der Waals surface area contributed by atoms with Crippen LogP contribution in [0.25, 0.3) is 0 Å². The zero-order chi connectivity index (χ0) is 15.1. The van der Waals surface area contributed by atoms with Crippen molar-refractivity contribution >= 4 is 11.9 Å². The molecule has 110 valence electrons. The van der Waals surface area contributed by atoms with E-state index in [0.717, 1.165) is 6.42 Å². The van der Waals surface area contributed by atoms with Crippen LogP contribution in [-0.2, 0) is 16.0 Å². The molecule has 0 saturated carbocycles. The van der Waals surface area contributed by atoms with E-state index in [2.05, 4.69) is 5.32 Å². The van der Waals surface area contributed by atoms with Crippen molar-refractivity contribution in [1.29, 1.82) is 0 Å². The minimum atomic E-state index is -0.898. The number of aliphatic carboxylic acids is 1. The third-order valence-corrected chi connectivity index (χ3v) is 2.94. The van der Waals surface area contributed by atoms with E-state index in [4.69, 9.17) is 9.84 Å². The first-order valence-electron chi connectivity index (χ1n) is 6.70. The van der Waals surface area contributed by atoms with Gasteiger partial charge < -0.3 is 15.2 Å². The summed E-state index contributed by atoms with van der Waals surface area (Å²) in [4.78, 5) is 22.5. The lowest BCUT2D eigenvalue weighted by Crippen LogP contribution is -2.40. The Bertz CT molecular complexity index is 473. The lowest BCUT2D eigenvalue weighted by atomic mass is 10.1. The largest absolute Gasteiger partial charge is 0.481 e. The van der Waals surface area contributed by atoms with E-state index in [1.165, 1.54) is 0 Å². The number of hydrogen-bond donors (Lipinski definition) is 2. The van der Waals surface area contributed by atoms with E-state index in [1.54, 1.807) is 31.2 Å². The molecule has 0 radical (unpaired) electrons. The number of nitrogens with one attached hydrogen (secondary N) is 1. The zero-order valence-corrected chi connectivity index (χ0v) is 12.1. The molecule has 5 nitrogen and oxygen atoms in total. The van der Waals surface area contributed by atoms with Crippen molar-refractivity contribution in [3.05, 3.63) is 29.8 Å². The number of hydrogen-bond acceptors (Lipinski definition) is 3. The highest BCUT2D eigenvalue weighted by molar-refractivity contribution is 5.81. The van der Waals surface area contributed by atoms with Crippen molar-refractivity contribution in [2.24, 2.45) is 0 Å². The van der Waals surface area contributed by atoms with Gasteiger partial charge in [0.25, 0.3) is 5.91 Å². The molecule has 1 amide bonds. The van der Waals surface area contributed by atoms with Crippen LogP contribution in [0.5, 0.6) is 5.75 Å². The molecule has 5 heteroatoms.